The number of halogens is 1. The zero-order chi connectivity index (χ0) is 20.2. The van der Waals surface area contributed by atoms with Gasteiger partial charge in [0.15, 0.2) is 0 Å². The third kappa shape index (κ3) is 4.78. The Morgan fingerprint density at radius 3 is 2.69 bits per heavy atom. The molecule has 2 saturated heterocycles. The van der Waals surface area contributed by atoms with E-state index in [-0.39, 0.29) is 24.5 Å². The van der Waals surface area contributed by atoms with Gasteiger partial charge < -0.3 is 20.3 Å². The predicted molar refractivity (Wildman–Crippen MR) is 110 cm³/mol. The predicted octanol–water partition coefficient (Wildman–Crippen LogP) is 2.11. The van der Waals surface area contributed by atoms with E-state index in [0.29, 0.717) is 31.1 Å². The van der Waals surface area contributed by atoms with E-state index in [4.69, 9.17) is 16.3 Å². The largest absolute Gasteiger partial charge is 0.374 e. The molecule has 2 aromatic carbocycles. The maximum atomic E-state index is 12.8. The van der Waals surface area contributed by atoms with E-state index >= 15 is 0 Å². The lowest BCUT2D eigenvalue weighted by Crippen LogP contribution is -2.62. The van der Waals surface area contributed by atoms with Crippen LogP contribution < -0.4 is 10.6 Å². The zero-order valence-corrected chi connectivity index (χ0v) is 16.8. The van der Waals surface area contributed by atoms with Gasteiger partial charge in [0, 0.05) is 24.2 Å². The number of carbonyl (C=O) groups excluding carboxylic acids is 2. The molecule has 0 spiro atoms. The molecule has 2 aliphatic heterocycles. The lowest BCUT2D eigenvalue weighted by atomic mass is 10.1. The highest BCUT2D eigenvalue weighted by Crippen LogP contribution is 2.23. The molecule has 2 heterocycles. The fraction of sp³-hybridized carbons (Fsp3) is 0.364. The smallest absolute Gasteiger partial charge is 0.248 e. The first-order valence-electron chi connectivity index (χ1n) is 9.80. The van der Waals surface area contributed by atoms with Crippen molar-refractivity contribution in [3.63, 3.8) is 0 Å². The molecule has 0 radical (unpaired) electrons. The van der Waals surface area contributed by atoms with Gasteiger partial charge in [-0.1, -0.05) is 54.1 Å². The van der Waals surface area contributed by atoms with E-state index < -0.39 is 12.1 Å². The minimum atomic E-state index is -0.630. The second-order valence-electron chi connectivity index (χ2n) is 7.51. The normalized spacial score (nSPS) is 23.8. The van der Waals surface area contributed by atoms with Crippen LogP contribution in [0, 0.1) is 0 Å². The Morgan fingerprint density at radius 1 is 1.10 bits per heavy atom. The number of hydrogen-bond acceptors (Lipinski definition) is 4. The van der Waals surface area contributed by atoms with E-state index in [0.717, 1.165) is 11.1 Å². The van der Waals surface area contributed by atoms with Crippen molar-refractivity contribution in [3.05, 3.63) is 70.7 Å². The molecule has 6 nitrogen and oxygen atoms in total. The molecular weight excluding hydrogens is 390 g/mol. The number of amides is 2. The molecule has 4 rings (SSSR count). The van der Waals surface area contributed by atoms with E-state index in [9.17, 15) is 9.59 Å². The second kappa shape index (κ2) is 8.95. The molecule has 7 heteroatoms. The van der Waals surface area contributed by atoms with Gasteiger partial charge in [0.1, 0.15) is 12.1 Å². The van der Waals surface area contributed by atoms with Crippen LogP contribution in [0.1, 0.15) is 17.5 Å². The van der Waals surface area contributed by atoms with Crippen LogP contribution in [0.5, 0.6) is 0 Å². The summed E-state index contributed by atoms with van der Waals surface area (Å²) in [6.45, 7) is 1.74. The number of nitrogens with zero attached hydrogens (tertiary/aromatic N) is 1. The van der Waals surface area contributed by atoms with Gasteiger partial charge in [-0.15, -0.1) is 0 Å². The minimum absolute atomic E-state index is 0.0673. The number of fused-ring (bicyclic) bond motifs is 1. The average molecular weight is 414 g/mol. The molecule has 2 aromatic rings. The maximum Gasteiger partial charge on any atom is 0.248 e. The lowest BCUT2D eigenvalue weighted by Gasteiger charge is -2.34. The Labute approximate surface area is 175 Å². The van der Waals surface area contributed by atoms with Gasteiger partial charge in [-0.25, -0.2) is 0 Å². The topological polar surface area (TPSA) is 70.7 Å². The van der Waals surface area contributed by atoms with E-state index in [1.807, 2.05) is 54.6 Å². The molecule has 0 saturated carbocycles. The highest BCUT2D eigenvalue weighted by Gasteiger charge is 2.46. The van der Waals surface area contributed by atoms with Crippen molar-refractivity contribution in [3.8, 4) is 0 Å². The van der Waals surface area contributed by atoms with Crippen LogP contribution in [0.3, 0.4) is 0 Å². The van der Waals surface area contributed by atoms with Crippen LogP contribution >= 0.6 is 11.6 Å². The van der Waals surface area contributed by atoms with Crippen molar-refractivity contribution >= 4 is 23.4 Å². The SMILES string of the molecule is O=C1N[C@@H](COCc2ccccc2)C(=O)N2C[C@@H](NCc3cccc(Cl)c3)C[C@@H]12. The van der Waals surface area contributed by atoms with Crippen LogP contribution in [0.2, 0.25) is 5.02 Å². The van der Waals surface area contributed by atoms with E-state index in [2.05, 4.69) is 10.6 Å². The summed E-state index contributed by atoms with van der Waals surface area (Å²) >= 11 is 6.03. The first-order chi connectivity index (χ1) is 14.1. The number of rotatable bonds is 7. The summed E-state index contributed by atoms with van der Waals surface area (Å²) in [4.78, 5) is 27.1. The van der Waals surface area contributed by atoms with Gasteiger partial charge >= 0.3 is 0 Å². The van der Waals surface area contributed by atoms with Crippen molar-refractivity contribution < 1.29 is 14.3 Å². The molecule has 0 aromatic heterocycles. The molecule has 2 amide bonds. The third-order valence-electron chi connectivity index (χ3n) is 5.38. The van der Waals surface area contributed by atoms with Gasteiger partial charge in [-0.05, 0) is 29.7 Å². The summed E-state index contributed by atoms with van der Waals surface area (Å²) in [6.07, 6.45) is 0.607. The molecule has 0 bridgehead atoms. The Bertz CT molecular complexity index is 877. The number of benzene rings is 2. The third-order valence-corrected chi connectivity index (χ3v) is 5.62. The van der Waals surface area contributed by atoms with Crippen LogP contribution in [0.15, 0.2) is 54.6 Å². The molecule has 152 valence electrons. The quantitative estimate of drug-likeness (QED) is 0.729. The number of ether oxygens (including phenoxy) is 1. The van der Waals surface area contributed by atoms with Crippen molar-refractivity contribution in [2.75, 3.05) is 13.2 Å². The number of nitrogens with one attached hydrogen (secondary N) is 2. The fourth-order valence-electron chi connectivity index (χ4n) is 3.90. The van der Waals surface area contributed by atoms with Crippen LogP contribution in [0.25, 0.3) is 0 Å². The van der Waals surface area contributed by atoms with Crippen molar-refractivity contribution in [1.29, 1.82) is 0 Å². The molecule has 0 aliphatic carbocycles. The highest BCUT2D eigenvalue weighted by atomic mass is 35.5. The molecule has 29 heavy (non-hydrogen) atoms. The molecular formula is C22H24ClN3O3. The first kappa shape index (κ1) is 19.9. The number of hydrogen-bond donors (Lipinski definition) is 2. The molecule has 2 aliphatic rings. The van der Waals surface area contributed by atoms with Gasteiger partial charge in [-0.3, -0.25) is 9.59 Å². The van der Waals surface area contributed by atoms with Crippen LogP contribution in [-0.4, -0.2) is 48.0 Å². The second-order valence-corrected chi connectivity index (χ2v) is 7.95. The Kier molecular flexibility index (Phi) is 6.13. The number of carbonyl (C=O) groups is 2. The zero-order valence-electron chi connectivity index (χ0n) is 16.0. The van der Waals surface area contributed by atoms with Gasteiger partial charge in [0.05, 0.1) is 13.2 Å². The van der Waals surface area contributed by atoms with Gasteiger partial charge in [-0.2, -0.15) is 0 Å². The van der Waals surface area contributed by atoms with Crippen molar-refractivity contribution in [1.82, 2.24) is 15.5 Å². The van der Waals surface area contributed by atoms with Gasteiger partial charge in [0.2, 0.25) is 11.8 Å². The fourth-order valence-corrected chi connectivity index (χ4v) is 4.11. The molecule has 2 fully saturated rings. The first-order valence-corrected chi connectivity index (χ1v) is 10.2. The summed E-state index contributed by atoms with van der Waals surface area (Å²) in [6, 6.07) is 16.4. The summed E-state index contributed by atoms with van der Waals surface area (Å²) in [7, 11) is 0. The molecule has 2 N–H and O–H groups in total. The van der Waals surface area contributed by atoms with Crippen LogP contribution in [-0.2, 0) is 27.5 Å². The maximum absolute atomic E-state index is 12.8. The summed E-state index contributed by atoms with van der Waals surface area (Å²) in [5.74, 6) is -0.181. The Balaban J connectivity index is 1.30. The number of piperazine rings is 1. The van der Waals surface area contributed by atoms with Crippen molar-refractivity contribution in [2.24, 2.45) is 0 Å². The van der Waals surface area contributed by atoms with Crippen molar-refractivity contribution in [2.45, 2.75) is 37.7 Å². The minimum Gasteiger partial charge on any atom is -0.374 e. The van der Waals surface area contributed by atoms with Gasteiger partial charge in [0.25, 0.3) is 0 Å². The Hall–Kier alpha value is -2.41. The lowest BCUT2D eigenvalue weighted by molar-refractivity contribution is -0.148. The van der Waals surface area contributed by atoms with Crippen LogP contribution in [0.4, 0.5) is 0 Å². The monoisotopic (exact) mass is 413 g/mol. The highest BCUT2D eigenvalue weighted by molar-refractivity contribution is 6.30. The average Bonchev–Trinajstić information content (AvgIpc) is 3.16. The molecule has 3 atom stereocenters. The summed E-state index contributed by atoms with van der Waals surface area (Å²) < 4.78 is 5.68. The summed E-state index contributed by atoms with van der Waals surface area (Å²) in [5, 5.41) is 6.96. The Morgan fingerprint density at radius 2 is 1.90 bits per heavy atom. The van der Waals surface area contributed by atoms with E-state index in [1.54, 1.807) is 4.90 Å². The molecule has 0 unspecified atom stereocenters. The standard InChI is InChI=1S/C22H24ClN3O3/c23-17-8-4-7-16(9-17)11-24-18-10-20-21(27)25-19(22(28)26(20)12-18)14-29-13-15-5-2-1-3-6-15/h1-9,18-20,24H,10-14H2,(H,25,27)/t18-,19-,20-/m0/s1. The van der Waals surface area contributed by atoms with E-state index in [1.165, 1.54) is 0 Å². The summed E-state index contributed by atoms with van der Waals surface area (Å²) in [5.41, 5.74) is 2.11.